The Kier molecular flexibility index (Phi) is 5.74. The Balaban J connectivity index is 1.89. The van der Waals surface area contributed by atoms with Crippen molar-refractivity contribution in [2.45, 2.75) is 38.8 Å². The van der Waals surface area contributed by atoms with Crippen LogP contribution in [0.15, 0.2) is 17.1 Å². The molecule has 0 atom stereocenters. The molecule has 1 aliphatic rings. The maximum absolute atomic E-state index is 11.9. The van der Waals surface area contributed by atoms with Gasteiger partial charge in [0.15, 0.2) is 0 Å². The van der Waals surface area contributed by atoms with Crippen molar-refractivity contribution < 1.29 is 9.53 Å². The van der Waals surface area contributed by atoms with Crippen LogP contribution in [0, 0.1) is 0 Å². The Morgan fingerprint density at radius 1 is 1.48 bits per heavy atom. The standard InChI is InChI=1S/C14H22N4O3/c1-2-5-15-12-8-14(20)18(16-9-12)10-13(19)17-11-3-6-21-7-4-11/h8-9,11,15H,2-7,10H2,1H3,(H,17,19). The minimum Gasteiger partial charge on any atom is -0.384 e. The van der Waals surface area contributed by atoms with Crippen LogP contribution < -0.4 is 16.2 Å². The van der Waals surface area contributed by atoms with Crippen molar-refractivity contribution in [1.29, 1.82) is 0 Å². The van der Waals surface area contributed by atoms with Gasteiger partial charge >= 0.3 is 0 Å². The van der Waals surface area contributed by atoms with Gasteiger partial charge in [-0.1, -0.05) is 6.92 Å². The Morgan fingerprint density at radius 3 is 2.90 bits per heavy atom. The van der Waals surface area contributed by atoms with Gasteiger partial charge in [0.1, 0.15) is 6.54 Å². The molecule has 1 fully saturated rings. The van der Waals surface area contributed by atoms with Crippen molar-refractivity contribution in [3.05, 3.63) is 22.6 Å². The third-order valence-corrected chi connectivity index (χ3v) is 3.33. The molecule has 2 heterocycles. The molecule has 0 bridgehead atoms. The average molecular weight is 294 g/mol. The zero-order valence-electron chi connectivity index (χ0n) is 12.3. The van der Waals surface area contributed by atoms with Gasteiger partial charge in [0.25, 0.3) is 5.56 Å². The number of hydrogen-bond acceptors (Lipinski definition) is 5. The summed E-state index contributed by atoms with van der Waals surface area (Å²) in [6.07, 6.45) is 4.16. The van der Waals surface area contributed by atoms with E-state index in [4.69, 9.17) is 4.74 Å². The maximum Gasteiger partial charge on any atom is 0.269 e. The Hall–Kier alpha value is -1.89. The summed E-state index contributed by atoms with van der Waals surface area (Å²) in [6, 6.07) is 1.59. The van der Waals surface area contributed by atoms with Crippen LogP contribution >= 0.6 is 0 Å². The summed E-state index contributed by atoms with van der Waals surface area (Å²) in [6.45, 7) is 4.11. The fraction of sp³-hybridized carbons (Fsp3) is 0.643. The molecular weight excluding hydrogens is 272 g/mol. The van der Waals surface area contributed by atoms with Crippen LogP contribution in [0.25, 0.3) is 0 Å². The van der Waals surface area contributed by atoms with Crippen LogP contribution in [0.3, 0.4) is 0 Å². The Bertz CT molecular complexity index is 523. The van der Waals surface area contributed by atoms with Crippen LogP contribution in [-0.4, -0.2) is 41.5 Å². The summed E-state index contributed by atoms with van der Waals surface area (Å²) in [5, 5.41) is 10.0. The second kappa shape index (κ2) is 7.78. The van der Waals surface area contributed by atoms with Crippen molar-refractivity contribution >= 4 is 11.6 Å². The Labute approximate surface area is 123 Å². The third kappa shape index (κ3) is 4.86. The number of nitrogens with zero attached hydrogens (tertiary/aromatic N) is 2. The minimum absolute atomic E-state index is 0.0513. The van der Waals surface area contributed by atoms with Crippen LogP contribution in [0.4, 0.5) is 5.69 Å². The van der Waals surface area contributed by atoms with Crippen molar-refractivity contribution in [2.75, 3.05) is 25.1 Å². The van der Waals surface area contributed by atoms with Gasteiger partial charge in [-0.05, 0) is 19.3 Å². The lowest BCUT2D eigenvalue weighted by Gasteiger charge is -2.23. The van der Waals surface area contributed by atoms with E-state index >= 15 is 0 Å². The van der Waals surface area contributed by atoms with Crippen LogP contribution in [-0.2, 0) is 16.1 Å². The fourth-order valence-electron chi connectivity index (χ4n) is 2.17. The third-order valence-electron chi connectivity index (χ3n) is 3.33. The van der Waals surface area contributed by atoms with Crippen molar-refractivity contribution in [3.63, 3.8) is 0 Å². The molecule has 2 N–H and O–H groups in total. The summed E-state index contributed by atoms with van der Waals surface area (Å²) in [7, 11) is 0. The number of ether oxygens (including phenoxy) is 1. The highest BCUT2D eigenvalue weighted by atomic mass is 16.5. The molecule has 0 saturated carbocycles. The maximum atomic E-state index is 11.9. The normalized spacial score (nSPS) is 15.7. The molecule has 116 valence electrons. The van der Waals surface area contributed by atoms with Crippen LogP contribution in [0.1, 0.15) is 26.2 Å². The predicted octanol–water partition coefficient (Wildman–Crippen LogP) is 0.360. The van der Waals surface area contributed by atoms with E-state index in [2.05, 4.69) is 15.7 Å². The largest absolute Gasteiger partial charge is 0.384 e. The van der Waals surface area contributed by atoms with Crippen molar-refractivity contribution in [2.24, 2.45) is 0 Å². The quantitative estimate of drug-likeness (QED) is 0.791. The topological polar surface area (TPSA) is 85.2 Å². The highest BCUT2D eigenvalue weighted by Crippen LogP contribution is 2.06. The smallest absolute Gasteiger partial charge is 0.269 e. The molecule has 0 aromatic carbocycles. The summed E-state index contributed by atoms with van der Waals surface area (Å²) in [5.41, 5.74) is 0.404. The van der Waals surface area contributed by atoms with E-state index in [1.54, 1.807) is 6.20 Å². The first-order valence-corrected chi connectivity index (χ1v) is 7.37. The number of amides is 1. The van der Waals surface area contributed by atoms with E-state index in [9.17, 15) is 9.59 Å². The van der Waals surface area contributed by atoms with E-state index in [1.807, 2.05) is 6.92 Å². The number of anilines is 1. The number of rotatable bonds is 6. The van der Waals surface area contributed by atoms with E-state index in [0.717, 1.165) is 25.8 Å². The van der Waals surface area contributed by atoms with Gasteiger partial charge in [0.05, 0.1) is 11.9 Å². The Morgan fingerprint density at radius 2 is 2.24 bits per heavy atom. The predicted molar refractivity (Wildman–Crippen MR) is 79.3 cm³/mol. The zero-order chi connectivity index (χ0) is 15.1. The van der Waals surface area contributed by atoms with Gasteiger partial charge in [-0.2, -0.15) is 5.10 Å². The molecule has 7 nitrogen and oxygen atoms in total. The van der Waals surface area contributed by atoms with Crippen LogP contribution in [0.2, 0.25) is 0 Å². The molecular formula is C14H22N4O3. The van der Waals surface area contributed by atoms with Crippen LogP contribution in [0.5, 0.6) is 0 Å². The molecule has 1 aromatic rings. The lowest BCUT2D eigenvalue weighted by atomic mass is 10.1. The highest BCUT2D eigenvalue weighted by Gasteiger charge is 2.16. The first kappa shape index (κ1) is 15.5. The fourth-order valence-corrected chi connectivity index (χ4v) is 2.17. The molecule has 1 aromatic heterocycles. The number of nitrogens with one attached hydrogen (secondary N) is 2. The van der Waals surface area contributed by atoms with Crippen molar-refractivity contribution in [3.8, 4) is 0 Å². The van der Waals surface area contributed by atoms with E-state index in [-0.39, 0.29) is 24.1 Å². The van der Waals surface area contributed by atoms with Gasteiger partial charge in [-0.15, -0.1) is 0 Å². The molecule has 0 unspecified atom stereocenters. The second-order valence-corrected chi connectivity index (χ2v) is 5.12. The van der Waals surface area contributed by atoms with E-state index in [0.29, 0.717) is 18.9 Å². The first-order chi connectivity index (χ1) is 10.2. The number of aromatic nitrogens is 2. The monoisotopic (exact) mass is 294 g/mol. The molecule has 0 radical (unpaired) electrons. The van der Waals surface area contributed by atoms with E-state index < -0.39 is 0 Å². The average Bonchev–Trinajstić information content (AvgIpc) is 2.48. The molecule has 0 spiro atoms. The minimum atomic E-state index is -0.279. The zero-order valence-corrected chi connectivity index (χ0v) is 12.3. The first-order valence-electron chi connectivity index (χ1n) is 7.37. The van der Waals surface area contributed by atoms with Crippen molar-refractivity contribution in [1.82, 2.24) is 15.1 Å². The molecule has 7 heteroatoms. The number of carbonyl (C=O) groups is 1. The molecule has 0 aliphatic carbocycles. The highest BCUT2D eigenvalue weighted by molar-refractivity contribution is 5.75. The summed E-state index contributed by atoms with van der Waals surface area (Å²) in [5.74, 6) is -0.189. The lowest BCUT2D eigenvalue weighted by Crippen LogP contribution is -2.42. The molecule has 21 heavy (non-hydrogen) atoms. The molecule has 1 saturated heterocycles. The SMILES string of the molecule is CCCNc1cnn(CC(=O)NC2CCOCC2)c(=O)c1. The van der Waals surface area contributed by atoms with E-state index in [1.165, 1.54) is 10.7 Å². The molecule has 1 aliphatic heterocycles. The lowest BCUT2D eigenvalue weighted by molar-refractivity contribution is -0.123. The molecule has 2 rings (SSSR count). The summed E-state index contributed by atoms with van der Waals surface area (Å²) >= 11 is 0. The summed E-state index contributed by atoms with van der Waals surface area (Å²) < 4.78 is 6.41. The summed E-state index contributed by atoms with van der Waals surface area (Å²) in [4.78, 5) is 23.8. The van der Waals surface area contributed by atoms with Gasteiger partial charge in [-0.25, -0.2) is 4.68 Å². The van der Waals surface area contributed by atoms with Gasteiger partial charge in [-0.3, -0.25) is 9.59 Å². The molecule has 1 amide bonds. The second-order valence-electron chi connectivity index (χ2n) is 5.12. The van der Waals surface area contributed by atoms with Gasteiger partial charge in [0.2, 0.25) is 5.91 Å². The number of hydrogen-bond donors (Lipinski definition) is 2. The van der Waals surface area contributed by atoms with Gasteiger partial charge in [0, 0.05) is 31.9 Å². The number of carbonyl (C=O) groups excluding carboxylic acids is 1. The van der Waals surface area contributed by atoms with Gasteiger partial charge < -0.3 is 15.4 Å².